The molecule has 0 radical (unpaired) electrons. The van der Waals surface area contributed by atoms with Crippen LogP contribution in [0.5, 0.6) is 5.75 Å². The monoisotopic (exact) mass is 390 g/mol. The number of esters is 1. The number of halogens is 3. The van der Waals surface area contributed by atoms with E-state index in [2.05, 4.69) is 0 Å². The van der Waals surface area contributed by atoms with Gasteiger partial charge in [-0.2, -0.15) is 13.2 Å². The summed E-state index contributed by atoms with van der Waals surface area (Å²) in [6.45, 7) is 0. The number of methoxy groups -OCH3 is 1. The van der Waals surface area contributed by atoms with E-state index in [1.165, 1.54) is 19.2 Å². The Morgan fingerprint density at radius 2 is 1.75 bits per heavy atom. The lowest BCUT2D eigenvalue weighted by molar-refractivity contribution is -0.148. The molecule has 2 atom stereocenters. The molecular weight excluding hydrogens is 377 g/mol. The van der Waals surface area contributed by atoms with E-state index >= 15 is 0 Å². The van der Waals surface area contributed by atoms with Crippen LogP contribution in [0.2, 0.25) is 0 Å². The number of carbonyl (C=O) groups is 1. The zero-order valence-electron chi connectivity index (χ0n) is 14.4. The summed E-state index contributed by atoms with van der Waals surface area (Å²) in [5, 5.41) is 0.486. The molecule has 5 nitrogen and oxygen atoms in total. The van der Waals surface area contributed by atoms with Crippen LogP contribution in [0.15, 0.2) is 57.7 Å². The Labute approximate surface area is 156 Å². The highest BCUT2D eigenvalue weighted by molar-refractivity contribution is 5.88. The van der Waals surface area contributed by atoms with Crippen LogP contribution in [-0.4, -0.2) is 19.2 Å². The number of hydrogen-bond donors (Lipinski definition) is 0. The molecule has 0 spiro atoms. The zero-order valence-corrected chi connectivity index (χ0v) is 14.4. The van der Waals surface area contributed by atoms with Crippen LogP contribution >= 0.6 is 0 Å². The lowest BCUT2D eigenvalue weighted by Gasteiger charge is -2.17. The summed E-state index contributed by atoms with van der Waals surface area (Å²) in [6, 6.07) is 10.9. The molecule has 1 aliphatic rings. The van der Waals surface area contributed by atoms with Crippen LogP contribution in [0, 0.1) is 0 Å². The van der Waals surface area contributed by atoms with Gasteiger partial charge in [0.1, 0.15) is 11.3 Å². The molecule has 0 saturated carbocycles. The largest absolute Gasteiger partial charge is 0.476 e. The van der Waals surface area contributed by atoms with E-state index in [0.29, 0.717) is 10.9 Å². The Morgan fingerprint density at radius 1 is 1.07 bits per heavy atom. The molecule has 1 aliphatic heterocycles. The third kappa shape index (κ3) is 2.81. The topological polar surface area (TPSA) is 65.7 Å². The summed E-state index contributed by atoms with van der Waals surface area (Å²) in [6.07, 6.45) is -5.72. The molecular formula is C20H13F3O5. The van der Waals surface area contributed by atoms with Gasteiger partial charge in [-0.15, -0.1) is 0 Å². The maximum Gasteiger partial charge on any atom is 0.416 e. The lowest BCUT2D eigenvalue weighted by Crippen LogP contribution is -2.31. The van der Waals surface area contributed by atoms with Gasteiger partial charge in [-0.25, -0.2) is 9.59 Å². The fraction of sp³-hybridized carbons (Fsp3) is 0.200. The number of benzene rings is 2. The summed E-state index contributed by atoms with van der Waals surface area (Å²) >= 11 is 0. The van der Waals surface area contributed by atoms with E-state index in [1.807, 2.05) is 0 Å². The number of rotatable bonds is 2. The molecule has 0 amide bonds. The molecule has 2 heterocycles. The van der Waals surface area contributed by atoms with Gasteiger partial charge >= 0.3 is 17.8 Å². The highest BCUT2D eigenvalue weighted by atomic mass is 19.4. The van der Waals surface area contributed by atoms with Gasteiger partial charge in [-0.05, 0) is 29.8 Å². The number of ether oxygens (including phenoxy) is 2. The molecule has 8 heteroatoms. The third-order valence-corrected chi connectivity index (χ3v) is 4.69. The van der Waals surface area contributed by atoms with Gasteiger partial charge in [-0.3, -0.25) is 0 Å². The number of carbonyl (C=O) groups excluding carboxylic acids is 1. The second-order valence-electron chi connectivity index (χ2n) is 6.29. The summed E-state index contributed by atoms with van der Waals surface area (Å²) in [5.74, 6) is -1.53. The molecule has 0 fully saturated rings. The first kappa shape index (κ1) is 18.1. The molecule has 2 aromatic carbocycles. The quantitative estimate of drug-likeness (QED) is 0.491. The summed E-state index contributed by atoms with van der Waals surface area (Å²) in [7, 11) is 1.17. The van der Waals surface area contributed by atoms with E-state index in [-0.39, 0.29) is 16.9 Å². The Kier molecular flexibility index (Phi) is 4.14. The highest BCUT2D eigenvalue weighted by Gasteiger charge is 2.45. The van der Waals surface area contributed by atoms with Crippen molar-refractivity contribution in [2.45, 2.75) is 18.2 Å². The van der Waals surface area contributed by atoms with Crippen molar-refractivity contribution in [3.8, 4) is 5.75 Å². The molecule has 28 heavy (non-hydrogen) atoms. The summed E-state index contributed by atoms with van der Waals surface area (Å²) < 4.78 is 54.5. The second kappa shape index (κ2) is 6.40. The minimum Gasteiger partial charge on any atom is -0.476 e. The van der Waals surface area contributed by atoms with Crippen molar-refractivity contribution in [1.82, 2.24) is 0 Å². The molecule has 0 aliphatic carbocycles. The maximum atomic E-state index is 12.9. The minimum atomic E-state index is -4.50. The molecule has 3 aromatic rings. The van der Waals surface area contributed by atoms with Gasteiger partial charge in [-0.1, -0.05) is 24.3 Å². The van der Waals surface area contributed by atoms with Crippen molar-refractivity contribution in [3.05, 3.63) is 75.6 Å². The van der Waals surface area contributed by atoms with Gasteiger partial charge < -0.3 is 13.9 Å². The summed E-state index contributed by atoms with van der Waals surface area (Å²) in [4.78, 5) is 24.9. The average molecular weight is 390 g/mol. The predicted molar refractivity (Wildman–Crippen MR) is 92.2 cm³/mol. The fourth-order valence-electron chi connectivity index (χ4n) is 3.40. The molecule has 0 unspecified atom stereocenters. The van der Waals surface area contributed by atoms with Gasteiger partial charge in [0, 0.05) is 0 Å². The first-order chi connectivity index (χ1) is 13.3. The van der Waals surface area contributed by atoms with Gasteiger partial charge in [0.2, 0.25) is 6.10 Å². The number of para-hydroxylation sites is 1. The van der Waals surface area contributed by atoms with Crippen molar-refractivity contribution < 1.29 is 31.9 Å². The zero-order chi connectivity index (χ0) is 20.1. The summed E-state index contributed by atoms with van der Waals surface area (Å²) in [5.41, 5.74) is -0.887. The lowest BCUT2D eigenvalue weighted by atomic mass is 9.88. The Morgan fingerprint density at radius 3 is 2.39 bits per heavy atom. The molecule has 0 N–H and O–H groups in total. The molecule has 144 valence electrons. The normalized spacial score (nSPS) is 18.6. The van der Waals surface area contributed by atoms with Crippen LogP contribution in [0.1, 0.15) is 22.6 Å². The first-order valence-electron chi connectivity index (χ1n) is 8.28. The van der Waals surface area contributed by atoms with Crippen molar-refractivity contribution in [2.24, 2.45) is 0 Å². The molecule has 1 aromatic heterocycles. The van der Waals surface area contributed by atoms with Gasteiger partial charge in [0.05, 0.1) is 29.5 Å². The first-order valence-corrected chi connectivity index (χ1v) is 8.28. The molecule has 0 bridgehead atoms. The number of hydrogen-bond acceptors (Lipinski definition) is 5. The Hall–Kier alpha value is -3.29. The van der Waals surface area contributed by atoms with E-state index in [4.69, 9.17) is 13.9 Å². The Balaban J connectivity index is 1.91. The van der Waals surface area contributed by atoms with E-state index in [0.717, 1.165) is 12.1 Å². The number of fused-ring (bicyclic) bond motifs is 3. The SMILES string of the molecule is COC(=O)[C@@H]1Oc2c(c(=O)oc3ccccc23)[C@H]1c1ccc(C(F)(F)F)cc1. The van der Waals surface area contributed by atoms with Crippen molar-refractivity contribution in [2.75, 3.05) is 7.11 Å². The average Bonchev–Trinajstić information content (AvgIpc) is 3.08. The standard InChI is InChI=1S/C20H13F3O5/c1-26-19(25)17-14(10-6-8-11(9-7-10)20(21,22)23)15-16(28-17)12-4-2-3-5-13(12)27-18(15)24/h2-9,14,17H,1H3/t14-,17-/m1/s1. The number of alkyl halides is 3. The van der Waals surface area contributed by atoms with E-state index in [9.17, 15) is 22.8 Å². The maximum absolute atomic E-state index is 12.9. The van der Waals surface area contributed by atoms with Crippen LogP contribution in [0.3, 0.4) is 0 Å². The fourth-order valence-corrected chi connectivity index (χ4v) is 3.40. The molecule has 0 saturated heterocycles. The van der Waals surface area contributed by atoms with Crippen molar-refractivity contribution in [3.63, 3.8) is 0 Å². The minimum absolute atomic E-state index is 0.0776. The Bertz CT molecular complexity index is 1120. The van der Waals surface area contributed by atoms with Gasteiger partial charge in [0.15, 0.2) is 0 Å². The smallest absolute Gasteiger partial charge is 0.416 e. The highest BCUT2D eigenvalue weighted by Crippen LogP contribution is 2.45. The third-order valence-electron chi connectivity index (χ3n) is 4.69. The van der Waals surface area contributed by atoms with Crippen LogP contribution in [0.25, 0.3) is 11.0 Å². The van der Waals surface area contributed by atoms with E-state index < -0.39 is 35.4 Å². The van der Waals surface area contributed by atoms with Crippen molar-refractivity contribution in [1.29, 1.82) is 0 Å². The van der Waals surface area contributed by atoms with E-state index in [1.54, 1.807) is 24.3 Å². The molecule has 4 rings (SSSR count). The van der Waals surface area contributed by atoms with Crippen LogP contribution in [0.4, 0.5) is 13.2 Å². The van der Waals surface area contributed by atoms with Crippen LogP contribution in [-0.2, 0) is 15.7 Å². The van der Waals surface area contributed by atoms with Crippen molar-refractivity contribution >= 4 is 16.9 Å². The van der Waals surface area contributed by atoms with Gasteiger partial charge in [0.25, 0.3) is 0 Å². The van der Waals surface area contributed by atoms with Crippen LogP contribution < -0.4 is 10.4 Å². The predicted octanol–water partition coefficient (Wildman–Crippen LogP) is 3.88. The second-order valence-corrected chi connectivity index (χ2v) is 6.29.